The highest BCUT2D eigenvalue weighted by Crippen LogP contribution is 2.21. The molecule has 2 aromatic rings. The third-order valence-corrected chi connectivity index (χ3v) is 4.29. The predicted molar refractivity (Wildman–Crippen MR) is 71.7 cm³/mol. The van der Waals surface area contributed by atoms with Crippen LogP contribution in [0.5, 0.6) is 5.75 Å². The highest BCUT2D eigenvalue weighted by atomic mass is 32.2. The summed E-state index contributed by atoms with van der Waals surface area (Å²) in [5, 5.41) is 3.93. The summed E-state index contributed by atoms with van der Waals surface area (Å²) in [5.74, 6) is 0.586. The Bertz CT molecular complexity index is 692. The monoisotopic (exact) mass is 281 g/mol. The molecule has 0 saturated heterocycles. The van der Waals surface area contributed by atoms with Gasteiger partial charge in [0.25, 0.3) is 10.0 Å². The topological polar surface area (TPSA) is 73.2 Å². The molecule has 2 rings (SSSR count). The number of nitrogens with zero attached hydrogens (tertiary/aromatic N) is 2. The standard InChI is InChI=1S/C12H15N3O3S/c1-9-12(8-13-15(9)2)19(16,17)14-10-5-4-6-11(7-10)18-3/h4-8,14H,1-3H3. The minimum absolute atomic E-state index is 0.165. The molecule has 1 heterocycles. The van der Waals surface area contributed by atoms with Crippen molar-refractivity contribution >= 4 is 15.7 Å². The Morgan fingerprint density at radius 3 is 2.68 bits per heavy atom. The second-order valence-electron chi connectivity index (χ2n) is 4.06. The van der Waals surface area contributed by atoms with Gasteiger partial charge < -0.3 is 4.74 Å². The number of sulfonamides is 1. The third-order valence-electron chi connectivity index (χ3n) is 2.80. The van der Waals surface area contributed by atoms with E-state index in [1.807, 2.05) is 0 Å². The lowest BCUT2D eigenvalue weighted by Crippen LogP contribution is -2.13. The highest BCUT2D eigenvalue weighted by Gasteiger charge is 2.20. The van der Waals surface area contributed by atoms with Crippen LogP contribution in [-0.2, 0) is 17.1 Å². The van der Waals surface area contributed by atoms with E-state index in [1.54, 1.807) is 38.2 Å². The molecule has 0 saturated carbocycles. The summed E-state index contributed by atoms with van der Waals surface area (Å²) in [5.41, 5.74) is 1.03. The van der Waals surface area contributed by atoms with Gasteiger partial charge in [0.15, 0.2) is 0 Å². The number of nitrogens with one attached hydrogen (secondary N) is 1. The van der Waals surface area contributed by atoms with E-state index in [4.69, 9.17) is 4.74 Å². The first kappa shape index (κ1) is 13.4. The molecule has 6 nitrogen and oxygen atoms in total. The van der Waals surface area contributed by atoms with Crippen molar-refractivity contribution in [3.8, 4) is 5.75 Å². The summed E-state index contributed by atoms with van der Waals surface area (Å²) in [6.07, 6.45) is 1.33. The van der Waals surface area contributed by atoms with Gasteiger partial charge in [0, 0.05) is 13.1 Å². The molecule has 0 atom stereocenters. The van der Waals surface area contributed by atoms with Crippen molar-refractivity contribution in [3.63, 3.8) is 0 Å². The quantitative estimate of drug-likeness (QED) is 0.922. The van der Waals surface area contributed by atoms with Crippen LogP contribution in [0.1, 0.15) is 5.69 Å². The first-order valence-corrected chi connectivity index (χ1v) is 7.08. The number of aryl methyl sites for hydroxylation is 1. The Hall–Kier alpha value is -2.02. The molecule has 0 amide bonds. The van der Waals surface area contributed by atoms with Crippen LogP contribution in [0.3, 0.4) is 0 Å². The number of hydrogen-bond donors (Lipinski definition) is 1. The number of aromatic nitrogens is 2. The van der Waals surface area contributed by atoms with Crippen LogP contribution in [0.25, 0.3) is 0 Å². The SMILES string of the molecule is COc1cccc(NS(=O)(=O)c2cnn(C)c2C)c1. The molecule has 0 aliphatic heterocycles. The second-order valence-corrected chi connectivity index (χ2v) is 5.71. The van der Waals surface area contributed by atoms with E-state index in [0.29, 0.717) is 17.1 Å². The van der Waals surface area contributed by atoms with Gasteiger partial charge in [-0.25, -0.2) is 8.42 Å². The molecule has 0 radical (unpaired) electrons. The van der Waals surface area contributed by atoms with Crippen molar-refractivity contribution in [2.24, 2.45) is 7.05 Å². The fraction of sp³-hybridized carbons (Fsp3) is 0.250. The van der Waals surface area contributed by atoms with E-state index in [-0.39, 0.29) is 4.90 Å². The molecule has 1 N–H and O–H groups in total. The first-order valence-electron chi connectivity index (χ1n) is 5.59. The molecule has 0 aliphatic rings. The Morgan fingerprint density at radius 1 is 1.37 bits per heavy atom. The number of rotatable bonds is 4. The van der Waals surface area contributed by atoms with E-state index in [9.17, 15) is 8.42 Å². The summed E-state index contributed by atoms with van der Waals surface area (Å²) in [4.78, 5) is 0.165. The van der Waals surface area contributed by atoms with Crippen LogP contribution in [-0.4, -0.2) is 25.3 Å². The summed E-state index contributed by atoms with van der Waals surface area (Å²) in [7, 11) is -0.416. The molecule has 102 valence electrons. The average Bonchev–Trinajstić information content (AvgIpc) is 2.70. The highest BCUT2D eigenvalue weighted by molar-refractivity contribution is 7.92. The van der Waals surface area contributed by atoms with Gasteiger partial charge in [0.2, 0.25) is 0 Å². The summed E-state index contributed by atoms with van der Waals surface area (Å²) >= 11 is 0. The zero-order valence-electron chi connectivity index (χ0n) is 10.9. The van der Waals surface area contributed by atoms with Crippen LogP contribution in [0.15, 0.2) is 35.4 Å². The smallest absolute Gasteiger partial charge is 0.265 e. The molecule has 7 heteroatoms. The van der Waals surface area contributed by atoms with E-state index < -0.39 is 10.0 Å². The van der Waals surface area contributed by atoms with Crippen molar-refractivity contribution in [2.45, 2.75) is 11.8 Å². The lowest BCUT2D eigenvalue weighted by molar-refractivity contribution is 0.415. The van der Waals surface area contributed by atoms with E-state index in [2.05, 4.69) is 9.82 Å². The maximum atomic E-state index is 12.2. The largest absolute Gasteiger partial charge is 0.497 e. The van der Waals surface area contributed by atoms with Gasteiger partial charge in [-0.05, 0) is 19.1 Å². The molecular formula is C12H15N3O3S. The zero-order chi connectivity index (χ0) is 14.0. The Labute approximate surface area is 112 Å². The maximum absolute atomic E-state index is 12.2. The Balaban J connectivity index is 2.33. The van der Waals surface area contributed by atoms with E-state index in [0.717, 1.165) is 0 Å². The molecule has 0 spiro atoms. The zero-order valence-corrected chi connectivity index (χ0v) is 11.7. The summed E-state index contributed by atoms with van der Waals surface area (Å²) in [6.45, 7) is 1.70. The minimum atomic E-state index is -3.64. The molecule has 1 aromatic carbocycles. The van der Waals surface area contributed by atoms with Gasteiger partial charge in [-0.1, -0.05) is 6.07 Å². The maximum Gasteiger partial charge on any atom is 0.265 e. The van der Waals surface area contributed by atoms with Crippen LogP contribution in [0, 0.1) is 6.92 Å². The van der Waals surface area contributed by atoms with Crippen molar-refractivity contribution in [1.82, 2.24) is 9.78 Å². The second kappa shape index (κ2) is 4.93. The number of anilines is 1. The number of benzene rings is 1. The van der Waals surface area contributed by atoms with Gasteiger partial charge in [0.05, 0.1) is 24.7 Å². The average molecular weight is 281 g/mol. The van der Waals surface area contributed by atoms with Crippen LogP contribution in [0.4, 0.5) is 5.69 Å². The lowest BCUT2D eigenvalue weighted by Gasteiger charge is -2.08. The molecular weight excluding hydrogens is 266 g/mol. The number of ether oxygens (including phenoxy) is 1. The van der Waals surface area contributed by atoms with Gasteiger partial charge in [-0.2, -0.15) is 5.10 Å². The van der Waals surface area contributed by atoms with Crippen molar-refractivity contribution in [3.05, 3.63) is 36.2 Å². The van der Waals surface area contributed by atoms with Crippen molar-refractivity contribution in [2.75, 3.05) is 11.8 Å². The molecule has 1 aromatic heterocycles. The predicted octanol–water partition coefficient (Wildman–Crippen LogP) is 1.54. The molecule has 0 fully saturated rings. The molecule has 0 unspecified atom stereocenters. The van der Waals surface area contributed by atoms with E-state index >= 15 is 0 Å². The van der Waals surface area contributed by atoms with Gasteiger partial charge in [-0.3, -0.25) is 9.40 Å². The number of methoxy groups -OCH3 is 1. The Morgan fingerprint density at radius 2 is 2.11 bits per heavy atom. The molecule has 0 bridgehead atoms. The Kier molecular flexibility index (Phi) is 3.48. The van der Waals surface area contributed by atoms with Crippen LogP contribution in [0.2, 0.25) is 0 Å². The fourth-order valence-corrected chi connectivity index (χ4v) is 2.89. The minimum Gasteiger partial charge on any atom is -0.497 e. The molecule has 19 heavy (non-hydrogen) atoms. The summed E-state index contributed by atoms with van der Waals surface area (Å²) in [6, 6.07) is 6.73. The fourth-order valence-electron chi connectivity index (χ4n) is 1.64. The summed E-state index contributed by atoms with van der Waals surface area (Å²) < 4.78 is 33.5. The molecule has 0 aliphatic carbocycles. The van der Waals surface area contributed by atoms with Gasteiger partial charge in [-0.15, -0.1) is 0 Å². The first-order chi connectivity index (χ1) is 8.94. The van der Waals surface area contributed by atoms with E-state index in [1.165, 1.54) is 18.0 Å². The lowest BCUT2D eigenvalue weighted by atomic mass is 10.3. The van der Waals surface area contributed by atoms with Gasteiger partial charge in [0.1, 0.15) is 10.6 Å². The van der Waals surface area contributed by atoms with Crippen LogP contribution >= 0.6 is 0 Å². The van der Waals surface area contributed by atoms with Gasteiger partial charge >= 0.3 is 0 Å². The number of hydrogen-bond acceptors (Lipinski definition) is 4. The third kappa shape index (κ3) is 2.70. The normalized spacial score (nSPS) is 11.3. The van der Waals surface area contributed by atoms with Crippen LogP contribution < -0.4 is 9.46 Å². The van der Waals surface area contributed by atoms with Crippen molar-refractivity contribution in [1.29, 1.82) is 0 Å². The van der Waals surface area contributed by atoms with Crippen molar-refractivity contribution < 1.29 is 13.2 Å².